The summed E-state index contributed by atoms with van der Waals surface area (Å²) in [6.07, 6.45) is -6.47. The molecule has 2 fully saturated rings. The highest BCUT2D eigenvalue weighted by molar-refractivity contribution is 8.07. The fourth-order valence-electron chi connectivity index (χ4n) is 4.41. The van der Waals surface area contributed by atoms with E-state index in [0.717, 1.165) is 19.3 Å². The van der Waals surface area contributed by atoms with E-state index in [2.05, 4.69) is 22.4 Å². The Labute approximate surface area is 410 Å². The average Bonchev–Trinajstić information content (AvgIpc) is 3.90. The molecule has 0 spiro atoms. The number of nitrogens with two attached hydrogens (primary N) is 2. The third kappa shape index (κ3) is 38.9. The SMILES string of the molecule is C[C@@H](CC[C@H]1CN(C(=O)OC(C)(C)C)CS1)C(=O)O.C[C@@H](CC[C@H]1CN(C(=O)OC(C)(C)C)CS1)C(=O)OCC#N.C[C@H](CN)CC[C@H](N)C(=O)O.O=C(O)C(F)(F)F.O=C(O)C(F)(F)F.S=S. The molecule has 68 heavy (non-hydrogen) atoms. The minimum atomic E-state index is -5.08. The summed E-state index contributed by atoms with van der Waals surface area (Å²) in [5, 5.41) is 40.5. The number of amides is 2. The highest BCUT2D eigenvalue weighted by atomic mass is 32.8. The third-order valence-electron chi connectivity index (χ3n) is 8.20. The van der Waals surface area contributed by atoms with E-state index in [1.807, 2.05) is 48.5 Å². The zero-order valence-electron chi connectivity index (χ0n) is 39.2. The van der Waals surface area contributed by atoms with E-state index in [0.29, 0.717) is 67.1 Å². The van der Waals surface area contributed by atoms with Crippen LogP contribution in [0, 0.1) is 29.1 Å². The van der Waals surface area contributed by atoms with Crippen LogP contribution in [0.4, 0.5) is 35.9 Å². The van der Waals surface area contributed by atoms with Crippen molar-refractivity contribution in [1.29, 1.82) is 5.26 Å². The highest BCUT2D eigenvalue weighted by Gasteiger charge is 2.39. The van der Waals surface area contributed by atoms with E-state index < -0.39 is 53.5 Å². The van der Waals surface area contributed by atoms with Crippen molar-refractivity contribution in [3.63, 3.8) is 0 Å². The maximum Gasteiger partial charge on any atom is 0.490 e. The van der Waals surface area contributed by atoms with Crippen LogP contribution in [0.5, 0.6) is 0 Å². The van der Waals surface area contributed by atoms with Gasteiger partial charge in [0.05, 0.1) is 23.6 Å². The van der Waals surface area contributed by atoms with Crippen LogP contribution in [0.2, 0.25) is 0 Å². The van der Waals surface area contributed by atoms with Gasteiger partial charge in [-0.25, -0.2) is 19.2 Å². The molecule has 2 saturated heterocycles. The monoisotopic (exact) mass is 1070 g/mol. The summed E-state index contributed by atoms with van der Waals surface area (Å²) in [6.45, 7) is 18.2. The fourth-order valence-corrected chi connectivity index (χ4v) is 6.79. The van der Waals surface area contributed by atoms with E-state index in [-0.39, 0.29) is 36.6 Å². The number of esters is 1. The van der Waals surface area contributed by atoms with Crippen molar-refractivity contribution >= 4 is 87.9 Å². The maximum absolute atomic E-state index is 12.0. The van der Waals surface area contributed by atoms with Gasteiger partial charge >= 0.3 is 54.4 Å². The normalized spacial score (nSPS) is 17.2. The van der Waals surface area contributed by atoms with Crippen LogP contribution >= 0.6 is 23.5 Å². The molecule has 0 saturated carbocycles. The van der Waals surface area contributed by atoms with E-state index in [1.54, 1.807) is 53.2 Å². The first-order valence-electron chi connectivity index (χ1n) is 20.3. The Morgan fingerprint density at radius 3 is 1.32 bits per heavy atom. The first-order chi connectivity index (χ1) is 30.9. The van der Waals surface area contributed by atoms with Crippen molar-refractivity contribution in [3.8, 4) is 6.07 Å². The van der Waals surface area contributed by atoms with Gasteiger partial charge < -0.3 is 46.1 Å². The van der Waals surface area contributed by atoms with Crippen LogP contribution in [-0.4, -0.2) is 150 Å². The van der Waals surface area contributed by atoms with Gasteiger partial charge in [-0.3, -0.25) is 24.2 Å². The molecule has 6 atom stereocenters. The zero-order valence-corrected chi connectivity index (χ0v) is 42.5. The molecular weight excluding hydrogens is 1000 g/mol. The number of carboxylic acid groups (broad SMARTS) is 4. The van der Waals surface area contributed by atoms with Crippen molar-refractivity contribution < 1.29 is 94.5 Å². The van der Waals surface area contributed by atoms with Gasteiger partial charge in [0.1, 0.15) is 23.3 Å². The lowest BCUT2D eigenvalue weighted by Crippen LogP contribution is -2.35. The molecule has 0 aliphatic carbocycles. The number of aliphatic carboxylic acids is 4. The third-order valence-corrected chi connectivity index (χ3v) is 10.8. The Hall–Kier alpha value is -3.98. The van der Waals surface area contributed by atoms with Gasteiger partial charge in [-0.15, -0.1) is 23.5 Å². The predicted molar refractivity (Wildman–Crippen MR) is 245 cm³/mol. The maximum atomic E-state index is 12.0. The molecule has 8 N–H and O–H groups in total. The number of carbonyl (C=O) groups excluding carboxylic acids is 3. The number of alkyl halides is 6. The van der Waals surface area contributed by atoms with E-state index in [1.165, 1.54) is 0 Å². The van der Waals surface area contributed by atoms with E-state index in [9.17, 15) is 50.3 Å². The van der Waals surface area contributed by atoms with Crippen molar-refractivity contribution in [1.82, 2.24) is 9.80 Å². The van der Waals surface area contributed by atoms with Gasteiger partial charge in [0.15, 0.2) is 6.61 Å². The largest absolute Gasteiger partial charge is 0.490 e. The second-order valence-electron chi connectivity index (χ2n) is 16.8. The minimum absolute atomic E-state index is 0.201. The topological polar surface area (TPSA) is 310 Å². The summed E-state index contributed by atoms with van der Waals surface area (Å²) >= 11 is 10.7. The number of nitrogens with zero attached hydrogens (tertiary/aromatic N) is 3. The first kappa shape index (κ1) is 70.6. The van der Waals surface area contributed by atoms with Crippen LogP contribution < -0.4 is 11.5 Å². The summed E-state index contributed by atoms with van der Waals surface area (Å²) in [4.78, 5) is 77.5. The van der Waals surface area contributed by atoms with Crippen molar-refractivity contribution in [2.24, 2.45) is 29.2 Å². The Kier molecular flexibility index (Phi) is 36.5. The van der Waals surface area contributed by atoms with Crippen LogP contribution in [0.25, 0.3) is 0 Å². The summed E-state index contributed by atoms with van der Waals surface area (Å²) in [7, 11) is 0. The quantitative estimate of drug-likeness (QED) is 0.0605. The summed E-state index contributed by atoms with van der Waals surface area (Å²) in [6, 6.07) is 1.05. The highest BCUT2D eigenvalue weighted by Crippen LogP contribution is 2.30. The number of nitriles is 1. The number of rotatable bonds is 14. The van der Waals surface area contributed by atoms with Gasteiger partial charge in [0.2, 0.25) is 0 Å². The molecule has 2 amide bonds. The number of hydrogen-bond donors (Lipinski definition) is 6. The molecular formula is C39H65F6N5O14S4. The Morgan fingerprint density at radius 2 is 1.04 bits per heavy atom. The number of hydrogen-bond acceptors (Lipinski definition) is 17. The number of thioether (sulfide) groups is 2. The molecule has 0 radical (unpaired) electrons. The molecule has 2 aliphatic heterocycles. The van der Waals surface area contributed by atoms with Gasteiger partial charge in [0.25, 0.3) is 0 Å². The summed E-state index contributed by atoms with van der Waals surface area (Å²) in [5.41, 5.74) is 9.66. The number of carboxylic acids is 4. The average molecular weight is 1070 g/mol. The number of carbonyl (C=O) groups is 7. The Morgan fingerprint density at radius 1 is 0.691 bits per heavy atom. The van der Waals surface area contributed by atoms with Gasteiger partial charge in [-0.2, -0.15) is 31.6 Å². The summed E-state index contributed by atoms with van der Waals surface area (Å²) < 4.78 is 78.9. The lowest BCUT2D eigenvalue weighted by Gasteiger charge is -2.24. The Balaban J connectivity index is -0.000000401. The second kappa shape index (κ2) is 35.2. The standard InChI is InChI=1S/C15H24N2O4S.C13H23NO4S.C7H16N2O2.2C2HF3O2.S2/c1-11(13(18)20-8-7-16)5-6-12-9-17(10-22-12)14(19)21-15(2,3)4;1-9(11(15)16)5-6-10-7-14(8-19-10)12(17)18-13(2,3)4;1-5(4-8)2-3-6(9)7(10)11;2*3-2(4,5)1(6)7;1-2/h11-12H,5-6,8-10H2,1-4H3;9-10H,5-8H2,1-4H3,(H,15,16);5-6H,2-4,8-9H2,1H3,(H,10,11);2*(H,6,7);/t11-,12-;9-,10-;5-,6-;;;/m000.../s1. The summed E-state index contributed by atoms with van der Waals surface area (Å²) in [5.74, 6) is -6.50. The molecule has 29 heteroatoms. The van der Waals surface area contributed by atoms with Crippen molar-refractivity contribution in [2.45, 2.75) is 141 Å². The van der Waals surface area contributed by atoms with Crippen molar-refractivity contribution in [2.75, 3.05) is 38.0 Å². The molecule has 0 aromatic carbocycles. The fraction of sp³-hybridized carbons (Fsp3) is 0.795. The lowest BCUT2D eigenvalue weighted by atomic mass is 10.0. The molecule has 0 bridgehead atoms. The van der Waals surface area contributed by atoms with E-state index in [4.69, 9.17) is 61.0 Å². The Bertz CT molecular complexity index is 1580. The molecule has 0 unspecified atom stereocenters. The smallest absolute Gasteiger partial charge is 0.481 e. The molecule has 0 aromatic heterocycles. The van der Waals surface area contributed by atoms with Crippen molar-refractivity contribution in [3.05, 3.63) is 0 Å². The van der Waals surface area contributed by atoms with Crippen LogP contribution in [0.15, 0.2) is 0 Å². The minimum Gasteiger partial charge on any atom is -0.481 e. The molecule has 2 rings (SSSR count). The molecule has 396 valence electrons. The van der Waals surface area contributed by atoms with Gasteiger partial charge in [0, 0.05) is 46.0 Å². The van der Waals surface area contributed by atoms with Gasteiger partial charge in [-0.05, 0) is 92.5 Å². The molecule has 2 aliphatic rings. The first-order valence-corrected chi connectivity index (χ1v) is 23.7. The van der Waals surface area contributed by atoms with Crippen LogP contribution in [-0.2, 0) is 60.6 Å². The van der Waals surface area contributed by atoms with Crippen LogP contribution in [0.3, 0.4) is 0 Å². The van der Waals surface area contributed by atoms with E-state index >= 15 is 0 Å². The second-order valence-corrected chi connectivity index (χ2v) is 19.3. The number of halogens is 6. The van der Waals surface area contributed by atoms with Crippen LogP contribution in [0.1, 0.15) is 101 Å². The predicted octanol–water partition coefficient (Wildman–Crippen LogP) is 6.61. The molecule has 19 nitrogen and oxygen atoms in total. The zero-order chi connectivity index (χ0) is 54.4. The number of ether oxygens (including phenoxy) is 3. The van der Waals surface area contributed by atoms with Gasteiger partial charge in [-0.1, -0.05) is 20.8 Å². The molecule has 0 aromatic rings. The lowest BCUT2D eigenvalue weighted by molar-refractivity contribution is -0.193. The molecule has 2 heterocycles.